The summed E-state index contributed by atoms with van der Waals surface area (Å²) in [6.45, 7) is 6.97. The molecule has 0 amide bonds. The van der Waals surface area contributed by atoms with E-state index in [0.29, 0.717) is 6.61 Å². The number of benzene rings is 1. The van der Waals surface area contributed by atoms with E-state index >= 15 is 0 Å². The third kappa shape index (κ3) is 3.57. The quantitative estimate of drug-likeness (QED) is 0.775. The lowest BCUT2D eigenvalue weighted by atomic mass is 10.0. The Morgan fingerprint density at radius 1 is 1.11 bits per heavy atom. The maximum Gasteiger partial charge on any atom is 0.138 e. The lowest BCUT2D eigenvalue weighted by Crippen LogP contribution is -2.01. The van der Waals surface area contributed by atoms with Crippen LogP contribution in [0.1, 0.15) is 27.9 Å². The van der Waals surface area contributed by atoms with Crippen LogP contribution in [0.25, 0.3) is 0 Å². The third-order valence-corrected chi connectivity index (χ3v) is 3.73. The minimum atomic E-state index is 0.591. The zero-order chi connectivity index (χ0) is 13.8. The maximum absolute atomic E-state index is 5.82. The highest BCUT2D eigenvalue weighted by atomic mass is 79.9. The van der Waals surface area contributed by atoms with Crippen molar-refractivity contribution in [2.24, 2.45) is 0 Å². The summed E-state index contributed by atoms with van der Waals surface area (Å²) in [4.78, 5) is 4.30. The Morgan fingerprint density at radius 3 is 2.32 bits per heavy atom. The minimum Gasteiger partial charge on any atom is -0.487 e. The van der Waals surface area contributed by atoms with Crippen molar-refractivity contribution in [3.8, 4) is 5.75 Å². The number of rotatable bonds is 4. The number of hydrogen-bond donors (Lipinski definition) is 0. The van der Waals surface area contributed by atoms with Crippen LogP contribution in [0.15, 0.2) is 30.5 Å². The highest BCUT2D eigenvalue weighted by Crippen LogP contribution is 2.19. The van der Waals surface area contributed by atoms with E-state index in [9.17, 15) is 0 Å². The summed E-state index contributed by atoms with van der Waals surface area (Å²) in [5.41, 5.74) is 6.12. The van der Waals surface area contributed by atoms with Gasteiger partial charge >= 0.3 is 0 Å². The first-order valence-corrected chi connectivity index (χ1v) is 7.42. The van der Waals surface area contributed by atoms with E-state index in [1.54, 1.807) is 6.20 Å². The third-order valence-electron chi connectivity index (χ3n) is 3.16. The monoisotopic (exact) mass is 319 g/mol. The summed E-state index contributed by atoms with van der Waals surface area (Å²) in [6, 6.07) is 8.32. The Balaban J connectivity index is 2.10. The molecule has 0 aliphatic heterocycles. The molecule has 2 nitrogen and oxygen atoms in total. The fourth-order valence-corrected chi connectivity index (χ4v) is 2.50. The molecule has 0 saturated carbocycles. The molecular formula is C16H18BrNO. The molecule has 3 heteroatoms. The average molecular weight is 320 g/mol. The van der Waals surface area contributed by atoms with E-state index in [-0.39, 0.29) is 0 Å². The van der Waals surface area contributed by atoms with Crippen molar-refractivity contribution in [2.45, 2.75) is 32.7 Å². The van der Waals surface area contributed by atoms with Gasteiger partial charge in [-0.25, -0.2) is 0 Å². The number of aryl methyl sites for hydroxylation is 3. The van der Waals surface area contributed by atoms with E-state index < -0.39 is 0 Å². The van der Waals surface area contributed by atoms with E-state index in [2.05, 4.69) is 53.8 Å². The van der Waals surface area contributed by atoms with Crippen LogP contribution >= 0.6 is 15.9 Å². The Hall–Kier alpha value is -1.35. The van der Waals surface area contributed by atoms with Crippen LogP contribution < -0.4 is 4.74 Å². The van der Waals surface area contributed by atoms with Crippen molar-refractivity contribution in [1.29, 1.82) is 0 Å². The van der Waals surface area contributed by atoms with Crippen LogP contribution in [0.3, 0.4) is 0 Å². The fraction of sp³-hybridized carbons (Fsp3) is 0.312. The summed E-state index contributed by atoms with van der Waals surface area (Å²) in [6.07, 6.45) is 1.77. The zero-order valence-electron chi connectivity index (χ0n) is 11.5. The molecule has 1 aromatic carbocycles. The van der Waals surface area contributed by atoms with Gasteiger partial charge in [0.15, 0.2) is 0 Å². The molecule has 0 fully saturated rings. The van der Waals surface area contributed by atoms with E-state index in [4.69, 9.17) is 4.74 Å². The van der Waals surface area contributed by atoms with Crippen LogP contribution in [-0.2, 0) is 11.9 Å². The summed E-state index contributed by atoms with van der Waals surface area (Å²) < 4.78 is 5.82. The van der Waals surface area contributed by atoms with Crippen molar-refractivity contribution < 1.29 is 4.74 Å². The van der Waals surface area contributed by atoms with Crippen molar-refractivity contribution in [3.63, 3.8) is 0 Å². The number of aromatic nitrogens is 1. The summed E-state index contributed by atoms with van der Waals surface area (Å²) in [5, 5.41) is 0.767. The Bertz CT molecular complexity index is 540. The fourth-order valence-electron chi connectivity index (χ4n) is 2.17. The summed E-state index contributed by atoms with van der Waals surface area (Å²) >= 11 is 3.38. The van der Waals surface area contributed by atoms with Gasteiger partial charge in [0.25, 0.3) is 0 Å². The molecule has 0 atom stereocenters. The summed E-state index contributed by atoms with van der Waals surface area (Å²) in [5.74, 6) is 0.809. The van der Waals surface area contributed by atoms with Gasteiger partial charge < -0.3 is 4.74 Å². The summed E-state index contributed by atoms with van der Waals surface area (Å²) in [7, 11) is 0. The average Bonchev–Trinajstić information content (AvgIpc) is 2.38. The normalized spacial score (nSPS) is 10.5. The standard InChI is InChI=1S/C16H18BrNO/c1-11-6-12(2)16(13(3)7-11)10-19-15-5-4-14(8-17)18-9-15/h4-7,9H,8,10H2,1-3H3. The molecule has 0 N–H and O–H groups in total. The van der Waals surface area contributed by atoms with Gasteiger partial charge in [0, 0.05) is 5.33 Å². The van der Waals surface area contributed by atoms with E-state index in [1.807, 2.05) is 12.1 Å². The highest BCUT2D eigenvalue weighted by Gasteiger charge is 2.05. The first kappa shape index (κ1) is 14.1. The number of pyridine rings is 1. The molecule has 2 rings (SSSR count). The smallest absolute Gasteiger partial charge is 0.138 e. The van der Waals surface area contributed by atoms with Gasteiger partial charge in [0.05, 0.1) is 11.9 Å². The van der Waals surface area contributed by atoms with Gasteiger partial charge in [-0.1, -0.05) is 33.6 Å². The topological polar surface area (TPSA) is 22.1 Å². The molecule has 0 spiro atoms. The molecule has 0 saturated heterocycles. The molecule has 100 valence electrons. The van der Waals surface area contributed by atoms with Crippen LogP contribution in [0.4, 0.5) is 0 Å². The van der Waals surface area contributed by atoms with Crippen molar-refractivity contribution in [2.75, 3.05) is 0 Å². The largest absolute Gasteiger partial charge is 0.487 e. The number of halogens is 1. The van der Waals surface area contributed by atoms with Gasteiger partial charge in [-0.15, -0.1) is 0 Å². The number of hydrogen-bond acceptors (Lipinski definition) is 2. The second kappa shape index (κ2) is 6.20. The Morgan fingerprint density at radius 2 is 1.79 bits per heavy atom. The number of nitrogens with zero attached hydrogens (tertiary/aromatic N) is 1. The first-order chi connectivity index (χ1) is 9.10. The van der Waals surface area contributed by atoms with Crippen molar-refractivity contribution in [3.05, 3.63) is 58.4 Å². The molecule has 0 bridgehead atoms. The SMILES string of the molecule is Cc1cc(C)c(COc2ccc(CBr)nc2)c(C)c1. The Labute approximate surface area is 123 Å². The Kier molecular flexibility index (Phi) is 4.59. The second-order valence-electron chi connectivity index (χ2n) is 4.78. The molecule has 2 aromatic rings. The molecule has 0 aliphatic carbocycles. The van der Waals surface area contributed by atoms with Gasteiger partial charge in [0.2, 0.25) is 0 Å². The van der Waals surface area contributed by atoms with Crippen LogP contribution in [-0.4, -0.2) is 4.98 Å². The van der Waals surface area contributed by atoms with E-state index in [1.165, 1.54) is 22.3 Å². The molecule has 0 radical (unpaired) electrons. The zero-order valence-corrected chi connectivity index (χ0v) is 13.1. The van der Waals surface area contributed by atoms with Gasteiger partial charge in [-0.2, -0.15) is 0 Å². The molecule has 0 unspecified atom stereocenters. The maximum atomic E-state index is 5.82. The molecule has 1 aromatic heterocycles. The van der Waals surface area contributed by atoms with Gasteiger partial charge in [0.1, 0.15) is 12.4 Å². The lowest BCUT2D eigenvalue weighted by Gasteiger charge is -2.12. The van der Waals surface area contributed by atoms with Gasteiger partial charge in [-0.3, -0.25) is 4.98 Å². The second-order valence-corrected chi connectivity index (χ2v) is 5.35. The van der Waals surface area contributed by atoms with Gasteiger partial charge in [-0.05, 0) is 49.6 Å². The minimum absolute atomic E-state index is 0.591. The van der Waals surface area contributed by atoms with Crippen LogP contribution in [0.5, 0.6) is 5.75 Å². The highest BCUT2D eigenvalue weighted by molar-refractivity contribution is 9.08. The van der Waals surface area contributed by atoms with Crippen molar-refractivity contribution in [1.82, 2.24) is 4.98 Å². The number of alkyl halides is 1. The predicted octanol–water partition coefficient (Wildman–Crippen LogP) is 4.48. The predicted molar refractivity (Wildman–Crippen MR) is 81.9 cm³/mol. The van der Waals surface area contributed by atoms with Crippen LogP contribution in [0.2, 0.25) is 0 Å². The molecular weight excluding hydrogens is 302 g/mol. The molecule has 19 heavy (non-hydrogen) atoms. The van der Waals surface area contributed by atoms with Crippen molar-refractivity contribution >= 4 is 15.9 Å². The van der Waals surface area contributed by atoms with Crippen LogP contribution in [0, 0.1) is 20.8 Å². The first-order valence-electron chi connectivity index (χ1n) is 6.30. The molecule has 1 heterocycles. The number of ether oxygens (including phenoxy) is 1. The molecule has 0 aliphatic rings. The van der Waals surface area contributed by atoms with E-state index in [0.717, 1.165) is 16.8 Å². The lowest BCUT2D eigenvalue weighted by molar-refractivity contribution is 0.303.